The third-order valence-corrected chi connectivity index (χ3v) is 4.33. The second-order valence-corrected chi connectivity index (χ2v) is 6.82. The normalized spacial score (nSPS) is 10.6. The molecule has 0 aliphatic carbocycles. The Labute approximate surface area is 181 Å². The summed E-state index contributed by atoms with van der Waals surface area (Å²) in [5.74, 6) is 1.23. The van der Waals surface area contributed by atoms with Crippen molar-refractivity contribution in [3.8, 4) is 17.4 Å². The number of ether oxygens (including phenoxy) is 1. The summed E-state index contributed by atoms with van der Waals surface area (Å²) in [6, 6.07) is 10.3. The van der Waals surface area contributed by atoms with Crippen molar-refractivity contribution < 1.29 is 18.3 Å². The molecule has 2 aromatic heterocycles. The Hall–Kier alpha value is -4.34. The lowest BCUT2D eigenvalue weighted by atomic mass is 10.3. The highest BCUT2D eigenvalue weighted by atomic mass is 19.1. The summed E-state index contributed by atoms with van der Waals surface area (Å²) < 4.78 is 34.1. The molecule has 0 spiro atoms. The Bertz CT molecular complexity index is 1250. The second kappa shape index (κ2) is 8.80. The Morgan fingerprint density at radius 3 is 2.28 bits per heavy atom. The number of carbonyl (C=O) groups excluding carboxylic acids is 1. The first-order valence-corrected chi connectivity index (χ1v) is 9.54. The van der Waals surface area contributed by atoms with Gasteiger partial charge in [-0.2, -0.15) is 4.98 Å². The zero-order chi connectivity index (χ0) is 22.7. The van der Waals surface area contributed by atoms with Gasteiger partial charge >= 0.3 is 6.03 Å². The molecule has 2 N–H and O–H groups in total. The Morgan fingerprint density at radius 2 is 1.62 bits per heavy atom. The predicted octanol–water partition coefficient (Wildman–Crippen LogP) is 4.99. The first-order chi connectivity index (χ1) is 15.4. The van der Waals surface area contributed by atoms with Crippen LogP contribution in [0, 0.1) is 25.5 Å². The molecule has 0 unspecified atom stereocenters. The number of hydrogen-bond donors (Lipinski definition) is 2. The van der Waals surface area contributed by atoms with Crippen LogP contribution in [-0.4, -0.2) is 25.6 Å². The van der Waals surface area contributed by atoms with Gasteiger partial charge in [-0.15, -0.1) is 0 Å². The van der Waals surface area contributed by atoms with Crippen LogP contribution >= 0.6 is 0 Å². The van der Waals surface area contributed by atoms with E-state index >= 15 is 0 Å². The van der Waals surface area contributed by atoms with E-state index in [9.17, 15) is 13.6 Å². The molecular formula is C22H18F2N6O2. The number of aromatic nitrogens is 4. The number of nitrogens with one attached hydrogen (secondary N) is 2. The smallest absolute Gasteiger partial charge is 0.323 e. The molecule has 0 aliphatic rings. The number of benzene rings is 2. The zero-order valence-corrected chi connectivity index (χ0v) is 17.1. The van der Waals surface area contributed by atoms with Crippen molar-refractivity contribution in [3.63, 3.8) is 0 Å². The van der Waals surface area contributed by atoms with Crippen molar-refractivity contribution in [2.75, 3.05) is 10.6 Å². The molecule has 2 aromatic carbocycles. The van der Waals surface area contributed by atoms with Gasteiger partial charge in [-0.25, -0.2) is 23.5 Å². The van der Waals surface area contributed by atoms with Gasteiger partial charge in [-0.3, -0.25) is 4.57 Å². The predicted molar refractivity (Wildman–Crippen MR) is 114 cm³/mol. The highest BCUT2D eigenvalue weighted by molar-refractivity contribution is 5.99. The summed E-state index contributed by atoms with van der Waals surface area (Å²) in [6.07, 6.45) is 3.48. The van der Waals surface area contributed by atoms with Gasteiger partial charge < -0.3 is 15.4 Å². The standard InChI is InChI=1S/C22H18F2N6O2/c1-13-26-20(30-8-7-25-14(30)2)12-21(27-13)32-19-5-3-17(4-6-19)28-22(31)29-18-10-15(23)9-16(24)11-18/h3-12H,1-2H3,(H2,28,29,31). The molecule has 0 fully saturated rings. The van der Waals surface area contributed by atoms with E-state index in [4.69, 9.17) is 4.74 Å². The average Bonchev–Trinajstić information content (AvgIpc) is 3.14. The summed E-state index contributed by atoms with van der Waals surface area (Å²) in [5.41, 5.74) is 0.461. The van der Waals surface area contributed by atoms with Crippen LogP contribution < -0.4 is 15.4 Å². The Balaban J connectivity index is 1.42. The van der Waals surface area contributed by atoms with Crippen molar-refractivity contribution in [2.24, 2.45) is 0 Å². The van der Waals surface area contributed by atoms with Gasteiger partial charge in [0.15, 0.2) is 0 Å². The molecule has 0 saturated heterocycles. The second-order valence-electron chi connectivity index (χ2n) is 6.82. The first-order valence-electron chi connectivity index (χ1n) is 9.54. The largest absolute Gasteiger partial charge is 0.439 e. The van der Waals surface area contributed by atoms with Crippen molar-refractivity contribution >= 4 is 17.4 Å². The molecule has 4 rings (SSSR count). The molecule has 2 heterocycles. The minimum Gasteiger partial charge on any atom is -0.439 e. The van der Waals surface area contributed by atoms with Gasteiger partial charge in [0.2, 0.25) is 5.88 Å². The summed E-state index contributed by atoms with van der Waals surface area (Å²) in [6.45, 7) is 3.63. The molecular weight excluding hydrogens is 418 g/mol. The molecule has 0 saturated carbocycles. The summed E-state index contributed by atoms with van der Waals surface area (Å²) in [7, 11) is 0. The molecule has 2 amide bonds. The maximum Gasteiger partial charge on any atom is 0.323 e. The van der Waals surface area contributed by atoms with E-state index in [1.165, 1.54) is 0 Å². The fraction of sp³-hybridized carbons (Fsp3) is 0.0909. The number of halogens is 2. The van der Waals surface area contributed by atoms with Crippen LogP contribution in [-0.2, 0) is 0 Å². The number of aryl methyl sites for hydroxylation is 2. The van der Waals surface area contributed by atoms with Gasteiger partial charge in [0.1, 0.15) is 34.9 Å². The van der Waals surface area contributed by atoms with Gasteiger partial charge in [-0.1, -0.05) is 0 Å². The highest BCUT2D eigenvalue weighted by Gasteiger charge is 2.09. The lowest BCUT2D eigenvalue weighted by molar-refractivity contribution is 0.262. The van der Waals surface area contributed by atoms with E-state index in [0.717, 1.165) is 24.0 Å². The monoisotopic (exact) mass is 436 g/mol. The molecule has 0 radical (unpaired) electrons. The minimum absolute atomic E-state index is 0.00279. The van der Waals surface area contributed by atoms with Gasteiger partial charge in [0.05, 0.1) is 0 Å². The third-order valence-electron chi connectivity index (χ3n) is 4.33. The number of nitrogens with zero attached hydrogens (tertiary/aromatic N) is 4. The molecule has 0 aliphatic heterocycles. The van der Waals surface area contributed by atoms with Crippen molar-refractivity contribution in [1.29, 1.82) is 0 Å². The molecule has 162 valence electrons. The van der Waals surface area contributed by atoms with E-state index in [0.29, 0.717) is 29.0 Å². The molecule has 8 nitrogen and oxygen atoms in total. The molecule has 0 bridgehead atoms. The lowest BCUT2D eigenvalue weighted by Crippen LogP contribution is -2.19. The quantitative estimate of drug-likeness (QED) is 0.460. The van der Waals surface area contributed by atoms with Crippen molar-refractivity contribution in [1.82, 2.24) is 19.5 Å². The van der Waals surface area contributed by atoms with Crippen LogP contribution in [0.2, 0.25) is 0 Å². The van der Waals surface area contributed by atoms with Gasteiger partial charge in [0, 0.05) is 35.9 Å². The fourth-order valence-corrected chi connectivity index (χ4v) is 2.97. The van der Waals surface area contributed by atoms with E-state index in [-0.39, 0.29) is 5.69 Å². The molecule has 10 heteroatoms. The first kappa shape index (κ1) is 20.9. The minimum atomic E-state index is -0.784. The van der Waals surface area contributed by atoms with E-state index in [1.807, 2.05) is 11.5 Å². The van der Waals surface area contributed by atoms with E-state index in [2.05, 4.69) is 25.6 Å². The summed E-state index contributed by atoms with van der Waals surface area (Å²) >= 11 is 0. The van der Waals surface area contributed by atoms with Crippen LogP contribution in [0.25, 0.3) is 5.82 Å². The molecule has 0 atom stereocenters. The number of rotatable bonds is 5. The van der Waals surface area contributed by atoms with E-state index in [1.54, 1.807) is 49.6 Å². The maximum absolute atomic E-state index is 13.2. The number of carbonyl (C=O) groups is 1. The van der Waals surface area contributed by atoms with Gasteiger partial charge in [-0.05, 0) is 50.2 Å². The number of anilines is 2. The van der Waals surface area contributed by atoms with Crippen LogP contribution in [0.4, 0.5) is 25.0 Å². The molecule has 32 heavy (non-hydrogen) atoms. The Morgan fingerprint density at radius 1 is 0.938 bits per heavy atom. The summed E-state index contributed by atoms with van der Waals surface area (Å²) in [5, 5.41) is 4.95. The third kappa shape index (κ3) is 5.04. The van der Waals surface area contributed by atoms with Crippen LogP contribution in [0.3, 0.4) is 0 Å². The lowest BCUT2D eigenvalue weighted by Gasteiger charge is -2.11. The molecule has 4 aromatic rings. The summed E-state index contributed by atoms with van der Waals surface area (Å²) in [4.78, 5) is 25.0. The van der Waals surface area contributed by atoms with Gasteiger partial charge in [0.25, 0.3) is 0 Å². The fourth-order valence-electron chi connectivity index (χ4n) is 2.97. The number of hydrogen-bond acceptors (Lipinski definition) is 5. The highest BCUT2D eigenvalue weighted by Crippen LogP contribution is 2.23. The van der Waals surface area contributed by atoms with Crippen molar-refractivity contribution in [2.45, 2.75) is 13.8 Å². The van der Waals surface area contributed by atoms with Crippen LogP contribution in [0.5, 0.6) is 11.6 Å². The van der Waals surface area contributed by atoms with E-state index < -0.39 is 17.7 Å². The topological polar surface area (TPSA) is 94.0 Å². The van der Waals surface area contributed by atoms with Crippen molar-refractivity contribution in [3.05, 3.63) is 84.2 Å². The number of imidazole rings is 1. The van der Waals surface area contributed by atoms with Crippen LogP contribution in [0.15, 0.2) is 60.9 Å². The maximum atomic E-state index is 13.2. The Kier molecular flexibility index (Phi) is 5.75. The number of urea groups is 1. The SMILES string of the molecule is Cc1nc(Oc2ccc(NC(=O)Nc3cc(F)cc(F)c3)cc2)cc(-n2ccnc2C)n1. The number of amides is 2. The van der Waals surface area contributed by atoms with Crippen LogP contribution in [0.1, 0.15) is 11.6 Å². The zero-order valence-electron chi connectivity index (χ0n) is 17.1. The average molecular weight is 436 g/mol.